The highest BCUT2D eigenvalue weighted by atomic mass is 32.2. The molecule has 0 spiro atoms. The zero-order chi connectivity index (χ0) is 21.5. The molecule has 30 heavy (non-hydrogen) atoms. The number of fused-ring (bicyclic) bond motifs is 1. The predicted molar refractivity (Wildman–Crippen MR) is 118 cm³/mol. The SMILES string of the molecule is CC(C)(C)S(=O)(=O)CC1CCC(C2=Cc3nc(-c4ccc(F)nc4)ccc3C2)CC1. The summed E-state index contributed by atoms with van der Waals surface area (Å²) in [5.41, 5.74) is 5.23. The van der Waals surface area contributed by atoms with E-state index in [0.717, 1.165) is 49.1 Å². The van der Waals surface area contributed by atoms with Gasteiger partial charge in [0.05, 0.1) is 21.9 Å². The van der Waals surface area contributed by atoms with Crippen LogP contribution in [0.5, 0.6) is 0 Å². The number of pyridine rings is 2. The monoisotopic (exact) mass is 428 g/mol. The molecule has 4 rings (SSSR count). The van der Waals surface area contributed by atoms with Crippen LogP contribution in [0.2, 0.25) is 0 Å². The number of allylic oxidation sites excluding steroid dienone is 1. The number of hydrogen-bond donors (Lipinski definition) is 0. The summed E-state index contributed by atoms with van der Waals surface area (Å²) < 4.78 is 37.5. The highest BCUT2D eigenvalue weighted by molar-refractivity contribution is 7.92. The summed E-state index contributed by atoms with van der Waals surface area (Å²) in [6.07, 6.45) is 8.64. The molecule has 2 aromatic rings. The van der Waals surface area contributed by atoms with Crippen LogP contribution in [0, 0.1) is 17.8 Å². The summed E-state index contributed by atoms with van der Waals surface area (Å²) in [4.78, 5) is 8.49. The molecule has 0 aliphatic heterocycles. The van der Waals surface area contributed by atoms with Gasteiger partial charge in [0.2, 0.25) is 5.95 Å². The molecule has 0 saturated heterocycles. The van der Waals surface area contributed by atoms with Crippen molar-refractivity contribution in [2.45, 2.75) is 57.6 Å². The maximum Gasteiger partial charge on any atom is 0.212 e. The van der Waals surface area contributed by atoms with E-state index >= 15 is 0 Å². The summed E-state index contributed by atoms with van der Waals surface area (Å²) in [5, 5.41) is 0. The predicted octanol–water partition coefficient (Wildman–Crippen LogP) is 5.24. The number of aromatic nitrogens is 2. The van der Waals surface area contributed by atoms with Crippen LogP contribution < -0.4 is 0 Å². The molecule has 0 unspecified atom stereocenters. The Morgan fingerprint density at radius 3 is 2.43 bits per heavy atom. The topological polar surface area (TPSA) is 59.9 Å². The van der Waals surface area contributed by atoms with Gasteiger partial charge in [0, 0.05) is 11.8 Å². The first kappa shape index (κ1) is 21.2. The van der Waals surface area contributed by atoms with Gasteiger partial charge < -0.3 is 0 Å². The maximum absolute atomic E-state index is 13.1. The molecule has 0 amide bonds. The molecular formula is C24H29FN2O2S. The van der Waals surface area contributed by atoms with Crippen LogP contribution in [0.25, 0.3) is 17.3 Å². The third kappa shape index (κ3) is 4.34. The van der Waals surface area contributed by atoms with Crippen molar-refractivity contribution in [1.29, 1.82) is 0 Å². The van der Waals surface area contributed by atoms with Crippen molar-refractivity contribution in [1.82, 2.24) is 9.97 Å². The van der Waals surface area contributed by atoms with Crippen molar-refractivity contribution >= 4 is 15.9 Å². The second-order valence-electron chi connectivity index (χ2n) is 9.62. The smallest absolute Gasteiger partial charge is 0.212 e. The molecule has 4 nitrogen and oxygen atoms in total. The normalized spacial score (nSPS) is 21.9. The molecule has 1 fully saturated rings. The van der Waals surface area contributed by atoms with Gasteiger partial charge in [-0.3, -0.25) is 0 Å². The van der Waals surface area contributed by atoms with Crippen molar-refractivity contribution in [2.24, 2.45) is 11.8 Å². The van der Waals surface area contributed by atoms with Gasteiger partial charge in [-0.15, -0.1) is 0 Å². The van der Waals surface area contributed by atoms with E-state index in [4.69, 9.17) is 4.98 Å². The van der Waals surface area contributed by atoms with Crippen molar-refractivity contribution in [3.8, 4) is 11.3 Å². The molecule has 1 saturated carbocycles. The molecule has 0 N–H and O–H groups in total. The van der Waals surface area contributed by atoms with E-state index in [0.29, 0.717) is 11.7 Å². The van der Waals surface area contributed by atoms with Crippen molar-refractivity contribution in [2.75, 3.05) is 5.75 Å². The Hall–Kier alpha value is -2.08. The lowest BCUT2D eigenvalue weighted by atomic mass is 9.78. The highest BCUT2D eigenvalue weighted by Gasteiger charge is 2.34. The molecule has 0 aromatic carbocycles. The van der Waals surface area contributed by atoms with Gasteiger partial charge in [0.1, 0.15) is 0 Å². The zero-order valence-electron chi connectivity index (χ0n) is 17.9. The minimum absolute atomic E-state index is 0.269. The Balaban J connectivity index is 1.42. The second-order valence-corrected chi connectivity index (χ2v) is 12.4. The molecule has 6 heteroatoms. The first-order chi connectivity index (χ1) is 14.1. The molecule has 2 aromatic heterocycles. The first-order valence-corrected chi connectivity index (χ1v) is 12.3. The molecule has 2 aliphatic carbocycles. The van der Waals surface area contributed by atoms with Crippen LogP contribution in [0.1, 0.15) is 57.7 Å². The standard InChI is InChI=1S/C24H29FN2O2S/c1-24(2,3)30(28,29)15-16-4-6-17(7-5-16)20-12-18-8-10-21(27-22(18)13-20)19-9-11-23(25)26-14-19/h8-11,13-14,16-17H,4-7,12,15H2,1-3H3. The first-order valence-electron chi connectivity index (χ1n) is 10.7. The summed E-state index contributed by atoms with van der Waals surface area (Å²) in [7, 11) is -3.06. The lowest BCUT2D eigenvalue weighted by molar-refractivity contribution is 0.319. The molecule has 0 radical (unpaired) electrons. The third-order valence-electron chi connectivity index (χ3n) is 6.51. The average Bonchev–Trinajstić information content (AvgIpc) is 3.11. The van der Waals surface area contributed by atoms with E-state index in [1.165, 1.54) is 23.4 Å². The Morgan fingerprint density at radius 1 is 1.07 bits per heavy atom. The molecule has 0 atom stereocenters. The Morgan fingerprint density at radius 2 is 1.80 bits per heavy atom. The fourth-order valence-electron chi connectivity index (χ4n) is 4.44. The summed E-state index contributed by atoms with van der Waals surface area (Å²) in [5.74, 6) is 0.585. The molecule has 160 valence electrons. The summed E-state index contributed by atoms with van der Waals surface area (Å²) >= 11 is 0. The number of nitrogens with zero attached hydrogens (tertiary/aromatic N) is 2. The maximum atomic E-state index is 13.1. The van der Waals surface area contributed by atoms with Crippen molar-refractivity contribution < 1.29 is 12.8 Å². The van der Waals surface area contributed by atoms with Gasteiger partial charge in [0.15, 0.2) is 9.84 Å². The molecule has 0 bridgehead atoms. The van der Waals surface area contributed by atoms with Gasteiger partial charge in [-0.25, -0.2) is 18.4 Å². The van der Waals surface area contributed by atoms with Gasteiger partial charge in [-0.1, -0.05) is 11.6 Å². The van der Waals surface area contributed by atoms with Crippen LogP contribution in [0.15, 0.2) is 36.0 Å². The zero-order valence-corrected chi connectivity index (χ0v) is 18.7. The lowest BCUT2D eigenvalue weighted by Gasteiger charge is -2.31. The third-order valence-corrected chi connectivity index (χ3v) is 9.29. The molecular weight excluding hydrogens is 399 g/mol. The molecule has 2 aliphatic rings. The fourth-order valence-corrected chi connectivity index (χ4v) is 5.89. The number of hydrogen-bond acceptors (Lipinski definition) is 4. The van der Waals surface area contributed by atoms with E-state index in [2.05, 4.69) is 17.1 Å². The Kier molecular flexibility index (Phi) is 5.56. The fraction of sp³-hybridized carbons (Fsp3) is 0.500. The second kappa shape index (κ2) is 7.88. The van der Waals surface area contributed by atoms with Crippen LogP contribution in [-0.4, -0.2) is 28.9 Å². The number of rotatable bonds is 4. The molecule has 2 heterocycles. The van der Waals surface area contributed by atoms with Crippen LogP contribution in [0.3, 0.4) is 0 Å². The summed E-state index contributed by atoms with van der Waals surface area (Å²) in [6, 6.07) is 7.12. The summed E-state index contributed by atoms with van der Waals surface area (Å²) in [6.45, 7) is 5.37. The lowest BCUT2D eigenvalue weighted by Crippen LogP contribution is -2.34. The van der Waals surface area contributed by atoms with Gasteiger partial charge in [0.25, 0.3) is 0 Å². The van der Waals surface area contributed by atoms with Crippen molar-refractivity contribution in [3.63, 3.8) is 0 Å². The van der Waals surface area contributed by atoms with E-state index in [1.54, 1.807) is 26.8 Å². The van der Waals surface area contributed by atoms with E-state index in [1.807, 2.05) is 6.07 Å². The van der Waals surface area contributed by atoms with Crippen LogP contribution in [0.4, 0.5) is 4.39 Å². The minimum Gasteiger partial charge on any atom is -0.248 e. The van der Waals surface area contributed by atoms with Crippen LogP contribution in [-0.2, 0) is 16.3 Å². The van der Waals surface area contributed by atoms with Gasteiger partial charge >= 0.3 is 0 Å². The minimum atomic E-state index is -3.06. The highest BCUT2D eigenvalue weighted by Crippen LogP contribution is 2.40. The quantitative estimate of drug-likeness (QED) is 0.625. The van der Waals surface area contributed by atoms with Crippen LogP contribution >= 0.6 is 0 Å². The van der Waals surface area contributed by atoms with E-state index in [9.17, 15) is 12.8 Å². The largest absolute Gasteiger partial charge is 0.248 e. The van der Waals surface area contributed by atoms with Gasteiger partial charge in [-0.05, 0) is 94.5 Å². The van der Waals surface area contributed by atoms with Crippen molar-refractivity contribution in [3.05, 3.63) is 53.2 Å². The average molecular weight is 429 g/mol. The van der Waals surface area contributed by atoms with Gasteiger partial charge in [-0.2, -0.15) is 4.39 Å². The number of halogens is 1. The Labute approximate surface area is 178 Å². The van der Waals surface area contributed by atoms with E-state index < -0.39 is 20.5 Å². The number of sulfone groups is 1. The Bertz CT molecular complexity index is 1060. The van der Waals surface area contributed by atoms with E-state index in [-0.39, 0.29) is 5.92 Å².